The summed E-state index contributed by atoms with van der Waals surface area (Å²) >= 11 is 0. The predicted molar refractivity (Wildman–Crippen MR) is 136 cm³/mol. The molecule has 5 rings (SSSR count). The Kier molecular flexibility index (Phi) is 6.82. The Morgan fingerprint density at radius 3 is 2.42 bits per heavy atom. The van der Waals surface area contributed by atoms with Crippen molar-refractivity contribution in [2.75, 3.05) is 32.7 Å². The number of hydrogen-bond acceptors (Lipinski definition) is 6. The Hall–Kier alpha value is -3.59. The summed E-state index contributed by atoms with van der Waals surface area (Å²) < 4.78 is 0. The number of tetrazole rings is 1. The van der Waals surface area contributed by atoms with Crippen molar-refractivity contribution in [3.8, 4) is 11.4 Å². The van der Waals surface area contributed by atoms with Crippen LogP contribution in [0.5, 0.6) is 0 Å². The summed E-state index contributed by atoms with van der Waals surface area (Å²) in [6, 6.07) is 14.1. The van der Waals surface area contributed by atoms with Gasteiger partial charge in [-0.1, -0.05) is 42.5 Å². The summed E-state index contributed by atoms with van der Waals surface area (Å²) in [5, 5.41) is 17.4. The lowest BCUT2D eigenvalue weighted by molar-refractivity contribution is -0.119. The quantitative estimate of drug-likeness (QED) is 0.531. The van der Waals surface area contributed by atoms with E-state index in [2.05, 4.69) is 43.0 Å². The van der Waals surface area contributed by atoms with Crippen molar-refractivity contribution in [2.24, 2.45) is 11.8 Å². The van der Waals surface area contributed by atoms with Crippen LogP contribution in [-0.2, 0) is 4.79 Å². The smallest absolute Gasteiger partial charge is 0.254 e. The van der Waals surface area contributed by atoms with Gasteiger partial charge in [0.1, 0.15) is 0 Å². The van der Waals surface area contributed by atoms with Crippen LogP contribution in [-0.4, -0.2) is 75.0 Å². The van der Waals surface area contributed by atoms with Gasteiger partial charge in [-0.3, -0.25) is 9.59 Å². The fraction of sp³-hybridized carbons (Fsp3) is 0.444. The van der Waals surface area contributed by atoms with E-state index in [-0.39, 0.29) is 17.9 Å². The molecule has 0 spiro atoms. The summed E-state index contributed by atoms with van der Waals surface area (Å²) in [5.74, 6) is 1.54. The normalized spacial score (nSPS) is 20.4. The molecule has 0 saturated carbocycles. The lowest BCUT2D eigenvalue weighted by atomic mass is 9.96. The van der Waals surface area contributed by atoms with E-state index in [4.69, 9.17) is 0 Å². The molecule has 2 aliphatic rings. The van der Waals surface area contributed by atoms with Crippen LogP contribution in [0.3, 0.4) is 0 Å². The number of carbonyl (C=O) groups is 2. The first-order valence-corrected chi connectivity index (χ1v) is 12.6. The van der Waals surface area contributed by atoms with Crippen LogP contribution in [0.4, 0.5) is 0 Å². The second-order valence-electron chi connectivity index (χ2n) is 10.1. The van der Waals surface area contributed by atoms with Gasteiger partial charge in [0.05, 0.1) is 6.04 Å². The van der Waals surface area contributed by atoms with Crippen LogP contribution in [0.15, 0.2) is 42.5 Å². The third kappa shape index (κ3) is 4.88. The average Bonchev–Trinajstić information content (AvgIpc) is 3.59. The number of rotatable bonds is 7. The van der Waals surface area contributed by atoms with Crippen LogP contribution in [0.25, 0.3) is 11.4 Å². The number of carbonyl (C=O) groups excluding carboxylic acids is 2. The van der Waals surface area contributed by atoms with Crippen molar-refractivity contribution in [3.63, 3.8) is 0 Å². The molecular formula is C27H33N7O2. The molecule has 0 bridgehead atoms. The maximum atomic E-state index is 13.6. The van der Waals surface area contributed by atoms with E-state index in [1.807, 2.05) is 49.1 Å². The van der Waals surface area contributed by atoms with Crippen molar-refractivity contribution in [2.45, 2.75) is 33.2 Å². The molecule has 188 valence electrons. The first-order chi connectivity index (χ1) is 17.4. The monoisotopic (exact) mass is 487 g/mol. The molecule has 0 radical (unpaired) electrons. The molecule has 2 fully saturated rings. The SMILES string of the molecule is CC(=O)N[C@H](CCN1CC2CN(C(=O)c3c(C)ccc(-c4nn[nH]n4)c3C)CC2C1)c1ccccc1. The van der Waals surface area contributed by atoms with Gasteiger partial charge in [0, 0.05) is 50.8 Å². The molecule has 2 amide bonds. The Morgan fingerprint density at radius 2 is 1.78 bits per heavy atom. The van der Waals surface area contributed by atoms with E-state index >= 15 is 0 Å². The summed E-state index contributed by atoms with van der Waals surface area (Å²) in [5.41, 5.74) is 4.57. The van der Waals surface area contributed by atoms with Crippen LogP contribution >= 0.6 is 0 Å². The molecule has 3 aromatic rings. The summed E-state index contributed by atoms with van der Waals surface area (Å²) in [4.78, 5) is 29.9. The lowest BCUT2D eigenvalue weighted by Crippen LogP contribution is -2.35. The zero-order chi connectivity index (χ0) is 25.2. The van der Waals surface area contributed by atoms with Gasteiger partial charge < -0.3 is 15.1 Å². The fourth-order valence-corrected chi connectivity index (χ4v) is 5.86. The third-order valence-corrected chi connectivity index (χ3v) is 7.64. The number of fused-ring (bicyclic) bond motifs is 1. The lowest BCUT2D eigenvalue weighted by Gasteiger charge is -2.25. The Labute approximate surface area is 211 Å². The molecule has 0 aliphatic carbocycles. The van der Waals surface area contributed by atoms with E-state index in [9.17, 15) is 9.59 Å². The molecule has 2 aliphatic heterocycles. The maximum absolute atomic E-state index is 13.6. The number of hydrogen-bond donors (Lipinski definition) is 2. The minimum atomic E-state index is -0.00899. The van der Waals surface area contributed by atoms with Crippen LogP contribution in [0, 0.1) is 25.7 Å². The first kappa shape index (κ1) is 24.1. The van der Waals surface area contributed by atoms with E-state index in [0.29, 0.717) is 17.7 Å². The van der Waals surface area contributed by atoms with Gasteiger partial charge in [0.25, 0.3) is 5.91 Å². The van der Waals surface area contributed by atoms with E-state index in [1.54, 1.807) is 6.92 Å². The number of aromatic nitrogens is 4. The Morgan fingerprint density at radius 1 is 1.06 bits per heavy atom. The third-order valence-electron chi connectivity index (χ3n) is 7.64. The van der Waals surface area contributed by atoms with Crippen molar-refractivity contribution in [3.05, 3.63) is 64.7 Å². The molecule has 3 heterocycles. The van der Waals surface area contributed by atoms with E-state index in [0.717, 1.165) is 67.0 Å². The van der Waals surface area contributed by atoms with Crippen molar-refractivity contribution in [1.82, 2.24) is 35.7 Å². The molecule has 2 saturated heterocycles. The number of aryl methyl sites for hydroxylation is 1. The van der Waals surface area contributed by atoms with Crippen LogP contribution < -0.4 is 5.32 Å². The van der Waals surface area contributed by atoms with Gasteiger partial charge in [-0.25, -0.2) is 0 Å². The molecule has 36 heavy (non-hydrogen) atoms. The average molecular weight is 488 g/mol. The highest BCUT2D eigenvalue weighted by atomic mass is 16.2. The minimum absolute atomic E-state index is 0.00899. The summed E-state index contributed by atoms with van der Waals surface area (Å²) in [6.07, 6.45) is 0.868. The minimum Gasteiger partial charge on any atom is -0.349 e. The highest BCUT2D eigenvalue weighted by molar-refractivity contribution is 5.99. The second-order valence-corrected chi connectivity index (χ2v) is 10.1. The zero-order valence-electron chi connectivity index (χ0n) is 21.1. The van der Waals surface area contributed by atoms with E-state index < -0.39 is 0 Å². The maximum Gasteiger partial charge on any atom is 0.254 e. The van der Waals surface area contributed by atoms with Gasteiger partial charge in [0.15, 0.2) is 0 Å². The van der Waals surface area contributed by atoms with Crippen molar-refractivity contribution in [1.29, 1.82) is 0 Å². The number of nitrogens with one attached hydrogen (secondary N) is 2. The number of nitrogens with zero attached hydrogens (tertiary/aromatic N) is 5. The Balaban J connectivity index is 1.21. The zero-order valence-corrected chi connectivity index (χ0v) is 21.1. The van der Waals surface area contributed by atoms with Gasteiger partial charge in [-0.15, -0.1) is 10.2 Å². The van der Waals surface area contributed by atoms with Crippen LogP contribution in [0.2, 0.25) is 0 Å². The number of H-pyrrole nitrogens is 1. The molecule has 2 unspecified atom stereocenters. The molecular weight excluding hydrogens is 454 g/mol. The second kappa shape index (κ2) is 10.2. The van der Waals surface area contributed by atoms with Crippen molar-refractivity contribution >= 4 is 11.8 Å². The Bertz CT molecular complexity index is 1210. The largest absolute Gasteiger partial charge is 0.349 e. The predicted octanol–water partition coefficient (Wildman–Crippen LogP) is 2.75. The summed E-state index contributed by atoms with van der Waals surface area (Å²) in [6.45, 7) is 9.96. The van der Waals surface area contributed by atoms with Gasteiger partial charge in [0.2, 0.25) is 11.7 Å². The molecule has 9 heteroatoms. The highest BCUT2D eigenvalue weighted by Crippen LogP contribution is 2.34. The van der Waals surface area contributed by atoms with Gasteiger partial charge in [-0.05, 0) is 54.0 Å². The van der Waals surface area contributed by atoms with Crippen LogP contribution in [0.1, 0.15) is 46.4 Å². The highest BCUT2D eigenvalue weighted by Gasteiger charge is 2.42. The number of aromatic amines is 1. The first-order valence-electron chi connectivity index (χ1n) is 12.6. The number of likely N-dealkylation sites (tertiary alicyclic amines) is 2. The number of amides is 2. The summed E-state index contributed by atoms with van der Waals surface area (Å²) in [7, 11) is 0. The fourth-order valence-electron chi connectivity index (χ4n) is 5.86. The molecule has 2 N–H and O–H groups in total. The molecule has 3 atom stereocenters. The molecule has 2 aromatic carbocycles. The van der Waals surface area contributed by atoms with Gasteiger partial charge >= 0.3 is 0 Å². The van der Waals surface area contributed by atoms with E-state index in [1.165, 1.54) is 0 Å². The topological polar surface area (TPSA) is 107 Å². The molecule has 1 aromatic heterocycles. The standard InChI is InChI=1S/C27H33N7O2/c1-17-9-10-23(26-29-31-32-30-26)18(2)25(17)27(36)34-15-21-13-33(14-22(21)16-34)12-11-24(28-19(3)35)20-7-5-4-6-8-20/h4-10,21-22,24H,11-16H2,1-3H3,(H,28,35)(H,29,30,31,32)/t21?,22?,24-/m1/s1. The molecule has 9 nitrogen and oxygen atoms in total. The van der Waals surface area contributed by atoms with Gasteiger partial charge in [-0.2, -0.15) is 5.21 Å². The number of benzene rings is 2. The van der Waals surface area contributed by atoms with Crippen molar-refractivity contribution < 1.29 is 9.59 Å².